The van der Waals surface area contributed by atoms with Gasteiger partial charge < -0.3 is 5.32 Å². The van der Waals surface area contributed by atoms with Gasteiger partial charge in [0.15, 0.2) is 0 Å². The van der Waals surface area contributed by atoms with Crippen LogP contribution in [0.25, 0.3) is 0 Å². The summed E-state index contributed by atoms with van der Waals surface area (Å²) in [6.45, 7) is 2.13. The molecular weight excluding hydrogens is 322 g/mol. The molecule has 0 bridgehead atoms. The van der Waals surface area contributed by atoms with Crippen LogP contribution in [0.5, 0.6) is 0 Å². The van der Waals surface area contributed by atoms with Crippen LogP contribution in [0.1, 0.15) is 41.7 Å². The second-order valence-corrected chi connectivity index (χ2v) is 6.66. The maximum atomic E-state index is 12.2. The van der Waals surface area contributed by atoms with Gasteiger partial charge in [-0.25, -0.2) is 0 Å². The van der Waals surface area contributed by atoms with E-state index in [4.69, 9.17) is 0 Å². The van der Waals surface area contributed by atoms with Gasteiger partial charge in [-0.05, 0) is 34.0 Å². The average Bonchev–Trinajstić information content (AvgIpc) is 2.86. The van der Waals surface area contributed by atoms with Crippen LogP contribution in [0.15, 0.2) is 45.6 Å². The van der Waals surface area contributed by atoms with Crippen LogP contribution in [0.2, 0.25) is 0 Å². The summed E-state index contributed by atoms with van der Waals surface area (Å²) in [4.78, 5) is 12.2. The van der Waals surface area contributed by atoms with Gasteiger partial charge in [-0.2, -0.15) is 0 Å². The van der Waals surface area contributed by atoms with Gasteiger partial charge in [-0.1, -0.05) is 43.7 Å². The summed E-state index contributed by atoms with van der Waals surface area (Å²) < 4.78 is 0.976. The Morgan fingerprint density at radius 3 is 2.68 bits per heavy atom. The normalized spacial score (nSPS) is 12.1. The molecule has 0 aliphatic carbocycles. The van der Waals surface area contributed by atoms with Gasteiger partial charge in [0.2, 0.25) is 0 Å². The summed E-state index contributed by atoms with van der Waals surface area (Å²) in [5.41, 5.74) is 1.88. The topological polar surface area (TPSA) is 29.1 Å². The fourth-order valence-electron chi connectivity index (χ4n) is 1.97. The Labute approximate surface area is 126 Å². The molecule has 19 heavy (non-hydrogen) atoms. The van der Waals surface area contributed by atoms with Crippen molar-refractivity contribution in [1.29, 1.82) is 0 Å². The number of thiophene rings is 1. The molecule has 0 saturated heterocycles. The van der Waals surface area contributed by atoms with Crippen molar-refractivity contribution < 1.29 is 4.79 Å². The SMILES string of the molecule is CCCC(NC(=O)c1csc(Br)c1)c1ccccc1. The molecule has 0 aliphatic heterocycles. The van der Waals surface area contributed by atoms with Crippen molar-refractivity contribution in [3.63, 3.8) is 0 Å². The molecular formula is C15H16BrNOS. The molecule has 1 aromatic carbocycles. The summed E-state index contributed by atoms with van der Waals surface area (Å²) >= 11 is 4.91. The third-order valence-electron chi connectivity index (χ3n) is 2.91. The Hall–Kier alpha value is -1.13. The van der Waals surface area contributed by atoms with Gasteiger partial charge in [0, 0.05) is 5.38 Å². The molecule has 2 rings (SSSR count). The van der Waals surface area contributed by atoms with Crippen molar-refractivity contribution in [3.8, 4) is 0 Å². The van der Waals surface area contributed by atoms with Crippen LogP contribution in [-0.2, 0) is 0 Å². The van der Waals surface area contributed by atoms with E-state index in [1.165, 1.54) is 11.3 Å². The van der Waals surface area contributed by atoms with Crippen molar-refractivity contribution >= 4 is 33.2 Å². The number of carbonyl (C=O) groups excluding carboxylic acids is 1. The number of nitrogens with one attached hydrogen (secondary N) is 1. The first-order valence-corrected chi connectivity index (χ1v) is 7.97. The molecule has 1 amide bonds. The summed E-state index contributed by atoms with van der Waals surface area (Å²) in [7, 11) is 0. The smallest absolute Gasteiger partial charge is 0.252 e. The van der Waals surface area contributed by atoms with E-state index in [9.17, 15) is 4.79 Å². The van der Waals surface area contributed by atoms with E-state index < -0.39 is 0 Å². The van der Waals surface area contributed by atoms with Crippen molar-refractivity contribution in [3.05, 3.63) is 56.7 Å². The lowest BCUT2D eigenvalue weighted by Crippen LogP contribution is -2.28. The zero-order valence-corrected chi connectivity index (χ0v) is 13.1. The molecule has 2 aromatic rings. The number of amides is 1. The van der Waals surface area contributed by atoms with Crippen molar-refractivity contribution in [2.45, 2.75) is 25.8 Å². The highest BCUT2D eigenvalue weighted by Crippen LogP contribution is 2.23. The maximum Gasteiger partial charge on any atom is 0.252 e. The lowest BCUT2D eigenvalue weighted by molar-refractivity contribution is 0.0935. The zero-order chi connectivity index (χ0) is 13.7. The van der Waals surface area contributed by atoms with Crippen molar-refractivity contribution in [2.24, 2.45) is 0 Å². The van der Waals surface area contributed by atoms with E-state index in [-0.39, 0.29) is 11.9 Å². The van der Waals surface area contributed by atoms with Crippen LogP contribution in [0, 0.1) is 0 Å². The summed E-state index contributed by atoms with van der Waals surface area (Å²) in [5.74, 6) is -0.00995. The average molecular weight is 338 g/mol. The van der Waals surface area contributed by atoms with Crippen molar-refractivity contribution in [1.82, 2.24) is 5.32 Å². The molecule has 0 saturated carbocycles. The molecule has 100 valence electrons. The Bertz CT molecular complexity index is 538. The first-order chi connectivity index (χ1) is 9.20. The van der Waals surface area contributed by atoms with E-state index in [0.29, 0.717) is 5.56 Å². The fourth-order valence-corrected chi connectivity index (χ4v) is 3.10. The standard InChI is InChI=1S/C15H16BrNOS/c1-2-6-13(11-7-4-3-5-8-11)17-15(18)12-9-14(16)19-10-12/h3-5,7-10,13H,2,6H2,1H3,(H,17,18). The van der Waals surface area contributed by atoms with E-state index >= 15 is 0 Å². The molecule has 0 aliphatic rings. The molecule has 0 fully saturated rings. The van der Waals surface area contributed by atoms with E-state index in [1.54, 1.807) is 0 Å². The first kappa shape index (κ1) is 14.3. The second-order valence-electron chi connectivity index (χ2n) is 4.36. The van der Waals surface area contributed by atoms with Crippen LogP contribution in [0.4, 0.5) is 0 Å². The van der Waals surface area contributed by atoms with Gasteiger partial charge in [-0.3, -0.25) is 4.79 Å². The molecule has 2 nitrogen and oxygen atoms in total. The van der Waals surface area contributed by atoms with Crippen LogP contribution in [-0.4, -0.2) is 5.91 Å². The minimum atomic E-state index is -0.00995. The highest BCUT2D eigenvalue weighted by molar-refractivity contribution is 9.11. The maximum absolute atomic E-state index is 12.2. The predicted octanol–water partition coefficient (Wildman–Crippen LogP) is 4.78. The van der Waals surface area contributed by atoms with E-state index in [0.717, 1.165) is 22.2 Å². The highest BCUT2D eigenvalue weighted by atomic mass is 79.9. The molecule has 1 aromatic heterocycles. The van der Waals surface area contributed by atoms with Crippen LogP contribution >= 0.6 is 27.3 Å². The summed E-state index contributed by atoms with van der Waals surface area (Å²) in [5, 5.41) is 4.98. The number of hydrogen-bond donors (Lipinski definition) is 1. The predicted molar refractivity (Wildman–Crippen MR) is 83.6 cm³/mol. The van der Waals surface area contributed by atoms with Gasteiger partial charge in [0.25, 0.3) is 5.91 Å². The van der Waals surface area contributed by atoms with E-state index in [2.05, 4.69) is 40.3 Å². The van der Waals surface area contributed by atoms with Crippen LogP contribution < -0.4 is 5.32 Å². The Morgan fingerprint density at radius 1 is 1.37 bits per heavy atom. The lowest BCUT2D eigenvalue weighted by atomic mass is 10.0. The Balaban J connectivity index is 2.11. The molecule has 1 heterocycles. The van der Waals surface area contributed by atoms with Gasteiger partial charge in [0.1, 0.15) is 0 Å². The molecule has 1 atom stereocenters. The molecule has 1 N–H and O–H groups in total. The number of halogens is 1. The minimum absolute atomic E-state index is 0.00995. The quantitative estimate of drug-likeness (QED) is 0.835. The third kappa shape index (κ3) is 3.91. The molecule has 1 unspecified atom stereocenters. The Kier molecular flexibility index (Phi) is 5.16. The first-order valence-electron chi connectivity index (χ1n) is 6.30. The van der Waals surface area contributed by atoms with Gasteiger partial charge >= 0.3 is 0 Å². The highest BCUT2D eigenvalue weighted by Gasteiger charge is 2.15. The zero-order valence-electron chi connectivity index (χ0n) is 10.7. The lowest BCUT2D eigenvalue weighted by Gasteiger charge is -2.18. The second kappa shape index (κ2) is 6.87. The molecule has 4 heteroatoms. The summed E-state index contributed by atoms with van der Waals surface area (Å²) in [6, 6.07) is 12.1. The number of benzene rings is 1. The van der Waals surface area contributed by atoms with E-state index in [1.807, 2.05) is 29.6 Å². The molecule has 0 radical (unpaired) electrons. The monoisotopic (exact) mass is 337 g/mol. The summed E-state index contributed by atoms with van der Waals surface area (Å²) in [6.07, 6.45) is 1.98. The largest absolute Gasteiger partial charge is 0.345 e. The van der Waals surface area contributed by atoms with Crippen LogP contribution in [0.3, 0.4) is 0 Å². The minimum Gasteiger partial charge on any atom is -0.345 e. The molecule has 0 spiro atoms. The number of rotatable bonds is 5. The third-order valence-corrected chi connectivity index (χ3v) is 4.42. The van der Waals surface area contributed by atoms with Crippen molar-refractivity contribution in [2.75, 3.05) is 0 Å². The fraction of sp³-hybridized carbons (Fsp3) is 0.267. The number of carbonyl (C=O) groups is 1. The van der Waals surface area contributed by atoms with Gasteiger partial charge in [0.05, 0.1) is 15.4 Å². The van der Waals surface area contributed by atoms with Gasteiger partial charge in [-0.15, -0.1) is 11.3 Å². The Morgan fingerprint density at radius 2 is 2.11 bits per heavy atom. The number of hydrogen-bond acceptors (Lipinski definition) is 2.